The normalized spacial score (nSPS) is 25.4. The first-order valence-corrected chi connectivity index (χ1v) is 7.70. The van der Waals surface area contributed by atoms with E-state index in [0.29, 0.717) is 12.0 Å². The third-order valence-electron chi connectivity index (χ3n) is 4.26. The number of nitrogens with zero attached hydrogens (tertiary/aromatic N) is 1. The van der Waals surface area contributed by atoms with Crippen LogP contribution in [-0.2, 0) is 0 Å². The summed E-state index contributed by atoms with van der Waals surface area (Å²) in [5.74, 6) is 1.85. The molecule has 108 valence electrons. The van der Waals surface area contributed by atoms with Crippen LogP contribution in [-0.4, -0.2) is 31.6 Å². The van der Waals surface area contributed by atoms with Crippen LogP contribution < -0.4 is 5.32 Å². The summed E-state index contributed by atoms with van der Waals surface area (Å²) in [5.41, 5.74) is 1.30. The first-order valence-electron chi connectivity index (χ1n) is 7.70. The van der Waals surface area contributed by atoms with Gasteiger partial charge in [0.05, 0.1) is 12.3 Å². The SMILES string of the molecule is CCCN1CCCCC(CNC)C1c1occc1C. The summed E-state index contributed by atoms with van der Waals surface area (Å²) < 4.78 is 5.84. The molecule has 2 unspecified atom stereocenters. The maximum absolute atomic E-state index is 5.84. The Kier molecular flexibility index (Phi) is 5.46. The Bertz CT molecular complexity index is 359. The molecule has 2 atom stereocenters. The molecule has 1 aliphatic rings. The molecule has 1 saturated heterocycles. The van der Waals surface area contributed by atoms with Gasteiger partial charge in [-0.3, -0.25) is 4.90 Å². The lowest BCUT2D eigenvalue weighted by Crippen LogP contribution is -2.37. The van der Waals surface area contributed by atoms with Crippen molar-refractivity contribution in [3.63, 3.8) is 0 Å². The fraction of sp³-hybridized carbons (Fsp3) is 0.750. The van der Waals surface area contributed by atoms with Gasteiger partial charge < -0.3 is 9.73 Å². The average molecular weight is 264 g/mol. The molecule has 3 heteroatoms. The fourth-order valence-corrected chi connectivity index (χ4v) is 3.40. The molecule has 1 aliphatic heterocycles. The lowest BCUT2D eigenvalue weighted by atomic mass is 9.91. The van der Waals surface area contributed by atoms with Gasteiger partial charge in [0.1, 0.15) is 5.76 Å². The van der Waals surface area contributed by atoms with Gasteiger partial charge in [-0.25, -0.2) is 0 Å². The van der Waals surface area contributed by atoms with Crippen molar-refractivity contribution in [3.8, 4) is 0 Å². The van der Waals surface area contributed by atoms with Crippen LogP contribution in [0, 0.1) is 12.8 Å². The highest BCUT2D eigenvalue weighted by Crippen LogP contribution is 2.36. The zero-order valence-electron chi connectivity index (χ0n) is 12.6. The maximum atomic E-state index is 5.84. The second-order valence-electron chi connectivity index (χ2n) is 5.76. The van der Waals surface area contributed by atoms with Gasteiger partial charge in [-0.05, 0) is 70.4 Å². The molecule has 1 aromatic rings. The van der Waals surface area contributed by atoms with E-state index in [4.69, 9.17) is 4.42 Å². The number of likely N-dealkylation sites (tertiary alicyclic amines) is 1. The molecular weight excluding hydrogens is 236 g/mol. The minimum Gasteiger partial charge on any atom is -0.467 e. The summed E-state index contributed by atoms with van der Waals surface area (Å²) in [6, 6.07) is 2.55. The van der Waals surface area contributed by atoms with Crippen molar-refractivity contribution in [2.75, 3.05) is 26.7 Å². The molecule has 1 N–H and O–H groups in total. The number of aryl methyl sites for hydroxylation is 1. The van der Waals surface area contributed by atoms with Crippen molar-refractivity contribution in [1.82, 2.24) is 10.2 Å². The Morgan fingerprint density at radius 3 is 2.89 bits per heavy atom. The minimum absolute atomic E-state index is 0.449. The van der Waals surface area contributed by atoms with E-state index in [0.717, 1.165) is 6.54 Å². The molecule has 3 nitrogen and oxygen atoms in total. The van der Waals surface area contributed by atoms with Crippen LogP contribution in [0.15, 0.2) is 16.7 Å². The monoisotopic (exact) mass is 264 g/mol. The van der Waals surface area contributed by atoms with Crippen molar-refractivity contribution >= 4 is 0 Å². The van der Waals surface area contributed by atoms with Crippen molar-refractivity contribution in [1.29, 1.82) is 0 Å². The Morgan fingerprint density at radius 1 is 1.42 bits per heavy atom. The average Bonchev–Trinajstić information content (AvgIpc) is 2.71. The van der Waals surface area contributed by atoms with Gasteiger partial charge in [-0.15, -0.1) is 0 Å². The Morgan fingerprint density at radius 2 is 2.26 bits per heavy atom. The van der Waals surface area contributed by atoms with Gasteiger partial charge in [0.25, 0.3) is 0 Å². The van der Waals surface area contributed by atoms with Crippen LogP contribution in [0.5, 0.6) is 0 Å². The lowest BCUT2D eigenvalue weighted by Gasteiger charge is -2.34. The van der Waals surface area contributed by atoms with Crippen molar-refractivity contribution in [2.24, 2.45) is 5.92 Å². The van der Waals surface area contributed by atoms with E-state index >= 15 is 0 Å². The largest absolute Gasteiger partial charge is 0.467 e. The Labute approximate surface area is 117 Å². The van der Waals surface area contributed by atoms with Gasteiger partial charge in [0, 0.05) is 0 Å². The second-order valence-corrected chi connectivity index (χ2v) is 5.76. The quantitative estimate of drug-likeness (QED) is 0.884. The third kappa shape index (κ3) is 3.40. The standard InChI is InChI=1S/C16H28N2O/c1-4-9-18-10-6-5-7-14(12-17-3)15(18)16-13(2)8-11-19-16/h8,11,14-15,17H,4-7,9-10,12H2,1-3H3. The van der Waals surface area contributed by atoms with Crippen LogP contribution in [0.2, 0.25) is 0 Å². The van der Waals surface area contributed by atoms with E-state index in [9.17, 15) is 0 Å². The zero-order chi connectivity index (χ0) is 13.7. The third-order valence-corrected chi connectivity index (χ3v) is 4.26. The Balaban J connectivity index is 2.28. The van der Waals surface area contributed by atoms with Crippen LogP contribution in [0.4, 0.5) is 0 Å². The highest BCUT2D eigenvalue weighted by atomic mass is 16.3. The van der Waals surface area contributed by atoms with E-state index in [2.05, 4.69) is 37.2 Å². The summed E-state index contributed by atoms with van der Waals surface area (Å²) in [6.07, 6.45) is 7.00. The van der Waals surface area contributed by atoms with E-state index in [1.165, 1.54) is 50.1 Å². The summed E-state index contributed by atoms with van der Waals surface area (Å²) >= 11 is 0. The molecule has 0 amide bonds. The highest BCUT2D eigenvalue weighted by molar-refractivity contribution is 5.19. The molecule has 19 heavy (non-hydrogen) atoms. The van der Waals surface area contributed by atoms with Gasteiger partial charge in [-0.2, -0.15) is 0 Å². The molecule has 1 aromatic heterocycles. The second kappa shape index (κ2) is 7.11. The molecule has 2 rings (SSSR count). The smallest absolute Gasteiger partial charge is 0.124 e. The van der Waals surface area contributed by atoms with Crippen molar-refractivity contribution in [3.05, 3.63) is 23.7 Å². The predicted octanol–water partition coefficient (Wildman–Crippen LogP) is 3.36. The molecule has 0 bridgehead atoms. The number of hydrogen-bond acceptors (Lipinski definition) is 3. The molecule has 1 fully saturated rings. The summed E-state index contributed by atoms with van der Waals surface area (Å²) in [4.78, 5) is 2.64. The van der Waals surface area contributed by atoms with Gasteiger partial charge in [0.15, 0.2) is 0 Å². The minimum atomic E-state index is 0.449. The molecule has 0 saturated carbocycles. The number of hydrogen-bond donors (Lipinski definition) is 1. The molecule has 0 aliphatic carbocycles. The van der Waals surface area contributed by atoms with Crippen LogP contribution in [0.1, 0.15) is 50.0 Å². The van der Waals surface area contributed by atoms with E-state index in [1.807, 2.05) is 6.26 Å². The zero-order valence-corrected chi connectivity index (χ0v) is 12.6. The number of rotatable bonds is 5. The molecule has 2 heterocycles. The van der Waals surface area contributed by atoms with Crippen LogP contribution in [0.3, 0.4) is 0 Å². The van der Waals surface area contributed by atoms with Gasteiger partial charge in [-0.1, -0.05) is 13.3 Å². The summed E-state index contributed by atoms with van der Waals surface area (Å²) in [6.45, 7) is 7.89. The molecular formula is C16H28N2O. The Hall–Kier alpha value is -0.800. The van der Waals surface area contributed by atoms with E-state index in [-0.39, 0.29) is 0 Å². The summed E-state index contributed by atoms with van der Waals surface area (Å²) in [5, 5.41) is 3.37. The van der Waals surface area contributed by atoms with Crippen molar-refractivity contribution < 1.29 is 4.42 Å². The first kappa shape index (κ1) is 14.6. The predicted molar refractivity (Wildman–Crippen MR) is 79.3 cm³/mol. The van der Waals surface area contributed by atoms with Gasteiger partial charge >= 0.3 is 0 Å². The summed E-state index contributed by atoms with van der Waals surface area (Å²) in [7, 11) is 2.06. The fourth-order valence-electron chi connectivity index (χ4n) is 3.40. The highest BCUT2D eigenvalue weighted by Gasteiger charge is 2.33. The first-order chi connectivity index (χ1) is 9.27. The molecule has 0 spiro atoms. The molecule has 0 aromatic carbocycles. The van der Waals surface area contributed by atoms with Gasteiger partial charge in [0.2, 0.25) is 0 Å². The number of furan rings is 1. The topological polar surface area (TPSA) is 28.4 Å². The molecule has 0 radical (unpaired) electrons. The van der Waals surface area contributed by atoms with E-state index < -0.39 is 0 Å². The lowest BCUT2D eigenvalue weighted by molar-refractivity contribution is 0.132. The maximum Gasteiger partial charge on any atom is 0.124 e. The van der Waals surface area contributed by atoms with Crippen LogP contribution >= 0.6 is 0 Å². The number of nitrogens with one attached hydrogen (secondary N) is 1. The van der Waals surface area contributed by atoms with Crippen molar-refractivity contribution in [2.45, 2.75) is 45.6 Å². The van der Waals surface area contributed by atoms with Crippen LogP contribution in [0.25, 0.3) is 0 Å². The van der Waals surface area contributed by atoms with E-state index in [1.54, 1.807) is 0 Å².